The molecule has 0 aliphatic rings. The van der Waals surface area contributed by atoms with E-state index in [4.69, 9.17) is 4.52 Å². The lowest BCUT2D eigenvalue weighted by atomic mass is 10.1. The van der Waals surface area contributed by atoms with Crippen molar-refractivity contribution in [2.24, 2.45) is 0 Å². The summed E-state index contributed by atoms with van der Waals surface area (Å²) in [6.45, 7) is 1.92. The van der Waals surface area contributed by atoms with Crippen LogP contribution < -0.4 is 10.9 Å². The van der Waals surface area contributed by atoms with E-state index in [1.807, 2.05) is 25.1 Å². The highest BCUT2D eigenvalue weighted by molar-refractivity contribution is 5.90. The van der Waals surface area contributed by atoms with E-state index in [1.54, 1.807) is 12.1 Å². The Hall–Kier alpha value is -3.22. The summed E-state index contributed by atoms with van der Waals surface area (Å²) in [6, 6.07) is 13.2. The van der Waals surface area contributed by atoms with Gasteiger partial charge in [0.25, 0.3) is 23.2 Å². The number of H-pyrrole nitrogens is 1. The van der Waals surface area contributed by atoms with E-state index in [0.29, 0.717) is 0 Å². The predicted molar refractivity (Wildman–Crippen MR) is 92.0 cm³/mol. The third kappa shape index (κ3) is 4.20. The fourth-order valence-electron chi connectivity index (χ4n) is 2.40. The molecule has 0 spiro atoms. The number of aryl methyl sites for hydroxylation is 1. The van der Waals surface area contributed by atoms with E-state index in [2.05, 4.69) is 32.6 Å². The minimum absolute atomic E-state index is 0.0175. The minimum atomic E-state index is -0.428. The normalized spacial score (nSPS) is 11.9. The van der Waals surface area contributed by atoms with Crippen LogP contribution in [0.25, 0.3) is 11.5 Å². The van der Waals surface area contributed by atoms with Crippen LogP contribution in [0.5, 0.6) is 0 Å². The van der Waals surface area contributed by atoms with Crippen molar-refractivity contribution in [3.05, 3.63) is 70.4 Å². The number of carbonyl (C=O) groups is 1. The standard InChI is InChI=1S/C18H18N4O3/c1-12(9-10-13-6-3-2-4-7-13)20-17(24)15-21-18(25-22-15)14-8-5-11-19-16(14)23/h2-8,11-12H,9-10H2,1H3,(H,19,23)(H,20,24). The Labute approximate surface area is 144 Å². The predicted octanol–water partition coefficient (Wildman–Crippen LogP) is 2.18. The summed E-state index contributed by atoms with van der Waals surface area (Å²) in [5, 5.41) is 6.49. The minimum Gasteiger partial charge on any atom is -0.347 e. The second kappa shape index (κ2) is 7.57. The van der Waals surface area contributed by atoms with Crippen LogP contribution in [0.2, 0.25) is 0 Å². The lowest BCUT2D eigenvalue weighted by molar-refractivity contribution is 0.0925. The fraction of sp³-hybridized carbons (Fsp3) is 0.222. The first-order valence-electron chi connectivity index (χ1n) is 8.00. The molecule has 0 fully saturated rings. The molecule has 2 heterocycles. The number of carbonyl (C=O) groups excluding carboxylic acids is 1. The number of pyridine rings is 1. The van der Waals surface area contributed by atoms with Crippen molar-refractivity contribution in [1.82, 2.24) is 20.4 Å². The average molecular weight is 338 g/mol. The van der Waals surface area contributed by atoms with E-state index in [0.717, 1.165) is 12.8 Å². The van der Waals surface area contributed by atoms with Crippen LogP contribution in [0.15, 0.2) is 58.0 Å². The van der Waals surface area contributed by atoms with Gasteiger partial charge in [-0.1, -0.05) is 35.5 Å². The average Bonchev–Trinajstić information content (AvgIpc) is 3.11. The van der Waals surface area contributed by atoms with Crippen LogP contribution in [0.4, 0.5) is 0 Å². The summed E-state index contributed by atoms with van der Waals surface area (Å²) >= 11 is 0. The molecule has 1 atom stereocenters. The van der Waals surface area contributed by atoms with Crippen molar-refractivity contribution < 1.29 is 9.32 Å². The van der Waals surface area contributed by atoms with Gasteiger partial charge in [-0.05, 0) is 37.5 Å². The van der Waals surface area contributed by atoms with Gasteiger partial charge in [-0.3, -0.25) is 9.59 Å². The highest BCUT2D eigenvalue weighted by Gasteiger charge is 2.18. The molecule has 0 aliphatic heterocycles. The van der Waals surface area contributed by atoms with Gasteiger partial charge in [0.05, 0.1) is 0 Å². The Morgan fingerprint density at radius 2 is 2.04 bits per heavy atom. The molecular weight excluding hydrogens is 320 g/mol. The molecule has 1 aromatic carbocycles. The Morgan fingerprint density at radius 1 is 1.24 bits per heavy atom. The van der Waals surface area contributed by atoms with Crippen LogP contribution in [-0.4, -0.2) is 27.1 Å². The zero-order valence-corrected chi connectivity index (χ0v) is 13.7. The molecule has 7 heteroatoms. The molecule has 0 saturated heterocycles. The van der Waals surface area contributed by atoms with E-state index in [-0.39, 0.29) is 28.9 Å². The highest BCUT2D eigenvalue weighted by Crippen LogP contribution is 2.12. The molecule has 2 aromatic heterocycles. The van der Waals surface area contributed by atoms with Crippen LogP contribution in [0, 0.1) is 0 Å². The SMILES string of the molecule is CC(CCc1ccccc1)NC(=O)c1noc(-c2ccc[nH]c2=O)n1. The van der Waals surface area contributed by atoms with Crippen molar-refractivity contribution in [3.8, 4) is 11.5 Å². The first-order valence-corrected chi connectivity index (χ1v) is 8.00. The molecular formula is C18H18N4O3. The first kappa shape index (κ1) is 16.6. The van der Waals surface area contributed by atoms with E-state index >= 15 is 0 Å². The zero-order valence-electron chi connectivity index (χ0n) is 13.7. The lowest BCUT2D eigenvalue weighted by Gasteiger charge is -2.12. The molecule has 3 aromatic rings. The van der Waals surface area contributed by atoms with Crippen LogP contribution >= 0.6 is 0 Å². The number of benzene rings is 1. The summed E-state index contributed by atoms with van der Waals surface area (Å²) in [6.07, 6.45) is 3.15. The number of aromatic amines is 1. The zero-order chi connectivity index (χ0) is 17.6. The Morgan fingerprint density at radius 3 is 2.80 bits per heavy atom. The third-order valence-electron chi connectivity index (χ3n) is 3.76. The summed E-state index contributed by atoms with van der Waals surface area (Å²) < 4.78 is 5.02. The molecule has 0 saturated carbocycles. The van der Waals surface area contributed by atoms with Crippen molar-refractivity contribution in [1.29, 1.82) is 0 Å². The summed E-state index contributed by atoms with van der Waals surface area (Å²) in [5.74, 6) is -0.503. The maximum Gasteiger partial charge on any atom is 0.292 e. The van der Waals surface area contributed by atoms with E-state index in [1.165, 1.54) is 11.8 Å². The van der Waals surface area contributed by atoms with Crippen LogP contribution in [-0.2, 0) is 6.42 Å². The summed E-state index contributed by atoms with van der Waals surface area (Å²) in [5.41, 5.74) is 1.09. The summed E-state index contributed by atoms with van der Waals surface area (Å²) in [4.78, 5) is 30.4. The molecule has 0 bridgehead atoms. The number of nitrogens with one attached hydrogen (secondary N) is 2. The van der Waals surface area contributed by atoms with Gasteiger partial charge in [0, 0.05) is 12.2 Å². The molecule has 25 heavy (non-hydrogen) atoms. The monoisotopic (exact) mass is 338 g/mol. The molecule has 2 N–H and O–H groups in total. The molecule has 0 aliphatic carbocycles. The molecule has 7 nitrogen and oxygen atoms in total. The number of nitrogens with zero attached hydrogens (tertiary/aromatic N) is 2. The van der Waals surface area contributed by atoms with Crippen molar-refractivity contribution in [3.63, 3.8) is 0 Å². The quantitative estimate of drug-likeness (QED) is 0.717. The Bertz CT molecular complexity index is 902. The molecule has 128 valence electrons. The van der Waals surface area contributed by atoms with E-state index in [9.17, 15) is 9.59 Å². The Kier molecular flexibility index (Phi) is 5.03. The van der Waals surface area contributed by atoms with Gasteiger partial charge in [-0.25, -0.2) is 0 Å². The number of hydrogen-bond donors (Lipinski definition) is 2. The second-order valence-corrected chi connectivity index (χ2v) is 5.73. The van der Waals surface area contributed by atoms with Gasteiger partial charge < -0.3 is 14.8 Å². The van der Waals surface area contributed by atoms with Gasteiger partial charge in [-0.2, -0.15) is 4.98 Å². The number of hydrogen-bond acceptors (Lipinski definition) is 5. The smallest absolute Gasteiger partial charge is 0.292 e. The van der Waals surface area contributed by atoms with Gasteiger partial charge in [0.2, 0.25) is 0 Å². The molecule has 3 rings (SSSR count). The van der Waals surface area contributed by atoms with Gasteiger partial charge in [0.1, 0.15) is 5.56 Å². The first-order chi connectivity index (χ1) is 12.1. The Balaban J connectivity index is 1.60. The second-order valence-electron chi connectivity index (χ2n) is 5.73. The van der Waals surface area contributed by atoms with Crippen LogP contribution in [0.1, 0.15) is 29.5 Å². The maximum atomic E-state index is 12.2. The van der Waals surface area contributed by atoms with Crippen LogP contribution in [0.3, 0.4) is 0 Å². The highest BCUT2D eigenvalue weighted by atomic mass is 16.5. The molecule has 1 unspecified atom stereocenters. The van der Waals surface area contributed by atoms with E-state index < -0.39 is 5.91 Å². The topological polar surface area (TPSA) is 101 Å². The van der Waals surface area contributed by atoms with Crippen molar-refractivity contribution >= 4 is 5.91 Å². The lowest BCUT2D eigenvalue weighted by Crippen LogP contribution is -2.33. The van der Waals surface area contributed by atoms with Gasteiger partial charge in [-0.15, -0.1) is 0 Å². The van der Waals surface area contributed by atoms with Gasteiger partial charge in [0.15, 0.2) is 0 Å². The van der Waals surface area contributed by atoms with Crippen molar-refractivity contribution in [2.75, 3.05) is 0 Å². The largest absolute Gasteiger partial charge is 0.347 e. The number of aromatic nitrogens is 3. The number of rotatable bonds is 6. The maximum absolute atomic E-state index is 12.2. The number of amides is 1. The third-order valence-corrected chi connectivity index (χ3v) is 3.76. The molecule has 1 amide bonds. The fourth-order valence-corrected chi connectivity index (χ4v) is 2.40. The summed E-state index contributed by atoms with van der Waals surface area (Å²) in [7, 11) is 0. The van der Waals surface area contributed by atoms with Crippen molar-refractivity contribution in [2.45, 2.75) is 25.8 Å². The van der Waals surface area contributed by atoms with Gasteiger partial charge >= 0.3 is 0 Å². The molecule has 0 radical (unpaired) electrons.